The number of hydrazone groups is 1. The summed E-state index contributed by atoms with van der Waals surface area (Å²) in [6.07, 6.45) is 1.55. The number of nitrogens with two attached hydrogens (primary N) is 1. The maximum absolute atomic E-state index is 11.9. The molecule has 0 saturated carbocycles. The van der Waals surface area contributed by atoms with E-state index in [9.17, 15) is 4.79 Å². The summed E-state index contributed by atoms with van der Waals surface area (Å²) >= 11 is 4.91. The van der Waals surface area contributed by atoms with E-state index in [0.717, 1.165) is 16.7 Å². The number of rotatable bonds is 4. The molecule has 2 aromatic rings. The normalized spacial score (nSPS) is 10.5. The van der Waals surface area contributed by atoms with Gasteiger partial charge in [0.25, 0.3) is 5.91 Å². The molecular formula is C16H15N3OS. The number of aryl methyl sites for hydroxylation is 1. The van der Waals surface area contributed by atoms with Crippen LogP contribution in [0.4, 0.5) is 0 Å². The lowest BCUT2D eigenvalue weighted by Gasteiger charge is -2.01. The van der Waals surface area contributed by atoms with Gasteiger partial charge in [-0.1, -0.05) is 48.1 Å². The first-order valence-corrected chi connectivity index (χ1v) is 6.77. The highest BCUT2D eigenvalue weighted by Crippen LogP contribution is 2.04. The molecule has 0 fully saturated rings. The molecule has 5 heteroatoms. The SMILES string of the molecule is Cc1ccc(C(=O)N/N=C/c2cccc(C(N)=S)c2)cc1. The quantitative estimate of drug-likeness (QED) is 0.517. The van der Waals surface area contributed by atoms with E-state index in [1.54, 1.807) is 18.3 Å². The highest BCUT2D eigenvalue weighted by Gasteiger charge is 2.02. The molecule has 0 unspecified atom stereocenters. The minimum Gasteiger partial charge on any atom is -0.389 e. The van der Waals surface area contributed by atoms with Crippen molar-refractivity contribution in [3.05, 3.63) is 70.8 Å². The standard InChI is InChI=1S/C16H15N3OS/c1-11-5-7-13(8-6-11)16(20)19-18-10-12-3-2-4-14(9-12)15(17)21/h2-10H,1H3,(H2,17,21)(H,19,20)/b18-10+. The predicted octanol–water partition coefficient (Wildman–Crippen LogP) is 2.39. The minimum atomic E-state index is -0.253. The van der Waals surface area contributed by atoms with E-state index in [0.29, 0.717) is 10.6 Å². The van der Waals surface area contributed by atoms with Crippen molar-refractivity contribution in [3.63, 3.8) is 0 Å². The fraction of sp³-hybridized carbons (Fsp3) is 0.0625. The molecule has 0 radical (unpaired) electrons. The molecule has 2 aromatic carbocycles. The number of carbonyl (C=O) groups excluding carboxylic acids is 1. The van der Waals surface area contributed by atoms with Crippen LogP contribution in [0.25, 0.3) is 0 Å². The molecule has 1 amide bonds. The Morgan fingerprint density at radius 3 is 2.57 bits per heavy atom. The van der Waals surface area contributed by atoms with Crippen molar-refractivity contribution >= 4 is 29.3 Å². The van der Waals surface area contributed by atoms with E-state index in [1.165, 1.54) is 0 Å². The third kappa shape index (κ3) is 4.22. The maximum Gasteiger partial charge on any atom is 0.271 e. The van der Waals surface area contributed by atoms with E-state index < -0.39 is 0 Å². The molecular weight excluding hydrogens is 282 g/mol. The van der Waals surface area contributed by atoms with Gasteiger partial charge in [0.05, 0.1) is 6.21 Å². The van der Waals surface area contributed by atoms with Gasteiger partial charge in [0.2, 0.25) is 0 Å². The monoisotopic (exact) mass is 297 g/mol. The van der Waals surface area contributed by atoms with Crippen LogP contribution in [-0.2, 0) is 0 Å². The number of amides is 1. The van der Waals surface area contributed by atoms with Crippen LogP contribution in [0.15, 0.2) is 53.6 Å². The second-order valence-electron chi connectivity index (χ2n) is 4.55. The highest BCUT2D eigenvalue weighted by molar-refractivity contribution is 7.80. The Morgan fingerprint density at radius 1 is 1.19 bits per heavy atom. The zero-order valence-electron chi connectivity index (χ0n) is 11.5. The molecule has 106 valence electrons. The van der Waals surface area contributed by atoms with Crippen LogP contribution in [-0.4, -0.2) is 17.1 Å². The lowest BCUT2D eigenvalue weighted by molar-refractivity contribution is 0.0955. The van der Waals surface area contributed by atoms with Crippen LogP contribution < -0.4 is 11.2 Å². The zero-order chi connectivity index (χ0) is 15.2. The number of hydrogen-bond donors (Lipinski definition) is 2. The Hall–Kier alpha value is -2.53. The van der Waals surface area contributed by atoms with E-state index >= 15 is 0 Å². The third-order valence-electron chi connectivity index (χ3n) is 2.86. The van der Waals surface area contributed by atoms with Gasteiger partial charge in [0, 0.05) is 11.1 Å². The average Bonchev–Trinajstić information content (AvgIpc) is 2.48. The average molecular weight is 297 g/mol. The Labute approximate surface area is 128 Å². The van der Waals surface area contributed by atoms with Gasteiger partial charge in [-0.15, -0.1) is 0 Å². The molecule has 21 heavy (non-hydrogen) atoms. The fourth-order valence-electron chi connectivity index (χ4n) is 1.71. The van der Waals surface area contributed by atoms with Crippen molar-refractivity contribution in [2.45, 2.75) is 6.92 Å². The molecule has 0 heterocycles. The summed E-state index contributed by atoms with van der Waals surface area (Å²) in [5, 5.41) is 3.93. The molecule has 0 aliphatic rings. The van der Waals surface area contributed by atoms with Crippen molar-refractivity contribution in [2.24, 2.45) is 10.8 Å². The van der Waals surface area contributed by atoms with Gasteiger partial charge in [-0.3, -0.25) is 4.79 Å². The van der Waals surface area contributed by atoms with Crippen molar-refractivity contribution in [1.29, 1.82) is 0 Å². The van der Waals surface area contributed by atoms with Crippen LogP contribution in [0.5, 0.6) is 0 Å². The van der Waals surface area contributed by atoms with Gasteiger partial charge in [-0.2, -0.15) is 5.10 Å². The summed E-state index contributed by atoms with van der Waals surface area (Å²) in [7, 11) is 0. The van der Waals surface area contributed by atoms with Gasteiger partial charge in [0.1, 0.15) is 4.99 Å². The number of benzene rings is 2. The third-order valence-corrected chi connectivity index (χ3v) is 3.10. The van der Waals surface area contributed by atoms with Crippen molar-refractivity contribution < 1.29 is 4.79 Å². The second kappa shape index (κ2) is 6.76. The molecule has 0 spiro atoms. The first-order valence-electron chi connectivity index (χ1n) is 6.36. The maximum atomic E-state index is 11.9. The topological polar surface area (TPSA) is 67.5 Å². The van der Waals surface area contributed by atoms with Crippen LogP contribution in [0.1, 0.15) is 27.0 Å². The van der Waals surface area contributed by atoms with Gasteiger partial charge >= 0.3 is 0 Å². The Bertz CT molecular complexity index is 693. The zero-order valence-corrected chi connectivity index (χ0v) is 12.4. The summed E-state index contributed by atoms with van der Waals surface area (Å²) in [6, 6.07) is 14.6. The Morgan fingerprint density at radius 2 is 1.90 bits per heavy atom. The van der Waals surface area contributed by atoms with Gasteiger partial charge in [-0.25, -0.2) is 5.43 Å². The Balaban J connectivity index is 2.02. The number of thiocarbonyl (C=S) groups is 1. The van der Waals surface area contributed by atoms with E-state index in [1.807, 2.05) is 43.3 Å². The molecule has 2 rings (SSSR count). The van der Waals surface area contributed by atoms with Crippen LogP contribution >= 0.6 is 12.2 Å². The van der Waals surface area contributed by atoms with Crippen molar-refractivity contribution in [3.8, 4) is 0 Å². The summed E-state index contributed by atoms with van der Waals surface area (Å²) in [6.45, 7) is 1.97. The highest BCUT2D eigenvalue weighted by atomic mass is 32.1. The molecule has 3 N–H and O–H groups in total. The summed E-state index contributed by atoms with van der Waals surface area (Å²) in [5.41, 5.74) is 11.3. The molecule has 0 atom stereocenters. The molecule has 4 nitrogen and oxygen atoms in total. The predicted molar refractivity (Wildman–Crippen MR) is 88.6 cm³/mol. The smallest absolute Gasteiger partial charge is 0.271 e. The largest absolute Gasteiger partial charge is 0.389 e. The number of nitrogens with one attached hydrogen (secondary N) is 1. The fourth-order valence-corrected chi connectivity index (χ4v) is 1.83. The van der Waals surface area contributed by atoms with Gasteiger partial charge < -0.3 is 5.73 Å². The van der Waals surface area contributed by atoms with Gasteiger partial charge in [0.15, 0.2) is 0 Å². The lowest BCUT2D eigenvalue weighted by Crippen LogP contribution is -2.17. The second-order valence-corrected chi connectivity index (χ2v) is 4.99. The molecule has 0 bridgehead atoms. The first kappa shape index (κ1) is 14.9. The van der Waals surface area contributed by atoms with Crippen LogP contribution in [0.3, 0.4) is 0 Å². The van der Waals surface area contributed by atoms with E-state index in [-0.39, 0.29) is 5.91 Å². The van der Waals surface area contributed by atoms with E-state index in [4.69, 9.17) is 18.0 Å². The summed E-state index contributed by atoms with van der Waals surface area (Å²) in [5.74, 6) is -0.253. The molecule has 0 saturated heterocycles. The number of carbonyl (C=O) groups is 1. The van der Waals surface area contributed by atoms with Crippen molar-refractivity contribution in [1.82, 2.24) is 5.43 Å². The van der Waals surface area contributed by atoms with Crippen LogP contribution in [0.2, 0.25) is 0 Å². The molecule has 0 aliphatic carbocycles. The Kier molecular flexibility index (Phi) is 4.79. The first-order chi connectivity index (χ1) is 10.1. The van der Waals surface area contributed by atoms with Crippen LogP contribution in [0, 0.1) is 6.92 Å². The lowest BCUT2D eigenvalue weighted by atomic mass is 10.1. The summed E-state index contributed by atoms with van der Waals surface area (Å²) < 4.78 is 0. The summed E-state index contributed by atoms with van der Waals surface area (Å²) in [4.78, 5) is 12.2. The van der Waals surface area contributed by atoms with E-state index in [2.05, 4.69) is 10.5 Å². The molecule has 0 aliphatic heterocycles. The number of hydrogen-bond acceptors (Lipinski definition) is 3. The van der Waals surface area contributed by atoms with Crippen molar-refractivity contribution in [2.75, 3.05) is 0 Å². The van der Waals surface area contributed by atoms with Gasteiger partial charge in [-0.05, 0) is 30.7 Å². The molecule has 0 aromatic heterocycles. The number of nitrogens with zero attached hydrogens (tertiary/aromatic N) is 1. The minimum absolute atomic E-state index is 0.253.